The van der Waals surface area contributed by atoms with E-state index in [1.165, 1.54) is 0 Å². The van der Waals surface area contributed by atoms with Gasteiger partial charge in [-0.05, 0) is 39.8 Å². The largest absolute Gasteiger partial charge is 0.365 e. The molecule has 0 bridgehead atoms. The lowest BCUT2D eigenvalue weighted by Gasteiger charge is -2.36. The lowest BCUT2D eigenvalue weighted by atomic mass is 10.1. The highest BCUT2D eigenvalue weighted by Gasteiger charge is 2.28. The number of carbonyl (C=O) groups excluding carboxylic acids is 2. The number of nitrogens with zero attached hydrogens (tertiary/aromatic N) is 3. The summed E-state index contributed by atoms with van der Waals surface area (Å²) in [7, 11) is 0. The van der Waals surface area contributed by atoms with Crippen molar-refractivity contribution in [2.45, 2.75) is 52.4 Å². The van der Waals surface area contributed by atoms with E-state index in [9.17, 15) is 9.59 Å². The maximum atomic E-state index is 12.3. The summed E-state index contributed by atoms with van der Waals surface area (Å²) in [5.74, 6) is -0.504. The highest BCUT2D eigenvalue weighted by Crippen LogP contribution is 2.29. The molecule has 7 nitrogen and oxygen atoms in total. The maximum absolute atomic E-state index is 12.3. The number of aromatic nitrogens is 2. The second-order valence-corrected chi connectivity index (χ2v) is 7.53. The fourth-order valence-electron chi connectivity index (χ4n) is 4.10. The number of hydrogen-bond donors (Lipinski definition) is 2. The van der Waals surface area contributed by atoms with Crippen LogP contribution in [0, 0.1) is 0 Å². The zero-order chi connectivity index (χ0) is 19.0. The van der Waals surface area contributed by atoms with Crippen molar-refractivity contribution in [3.63, 3.8) is 0 Å². The first-order valence-corrected chi connectivity index (χ1v) is 9.09. The fraction of sp³-hybridized carbons (Fsp3) is 0.526. The summed E-state index contributed by atoms with van der Waals surface area (Å²) < 4.78 is 2.12. The molecule has 1 aliphatic rings. The molecule has 0 aromatic carbocycles. The zero-order valence-electron chi connectivity index (χ0n) is 15.8. The summed E-state index contributed by atoms with van der Waals surface area (Å²) in [5.41, 5.74) is 8.69. The molecule has 140 valence electrons. The zero-order valence-corrected chi connectivity index (χ0v) is 15.8. The molecule has 0 saturated carbocycles. The maximum Gasteiger partial charge on any atom is 0.252 e. The van der Waals surface area contributed by atoms with Gasteiger partial charge in [-0.2, -0.15) is 0 Å². The first-order chi connectivity index (χ1) is 12.3. The van der Waals surface area contributed by atoms with E-state index in [1.807, 2.05) is 6.07 Å². The average molecular weight is 357 g/mol. The van der Waals surface area contributed by atoms with Gasteiger partial charge in [-0.3, -0.25) is 14.5 Å². The molecule has 2 aromatic rings. The molecule has 1 saturated heterocycles. The van der Waals surface area contributed by atoms with Crippen molar-refractivity contribution >= 4 is 23.2 Å². The van der Waals surface area contributed by atoms with E-state index in [0.717, 1.165) is 24.3 Å². The van der Waals surface area contributed by atoms with Gasteiger partial charge in [0.2, 0.25) is 0 Å². The normalized spacial score (nSPS) is 21.4. The number of fused-ring (bicyclic) bond motifs is 1. The van der Waals surface area contributed by atoms with Crippen molar-refractivity contribution in [1.29, 1.82) is 0 Å². The summed E-state index contributed by atoms with van der Waals surface area (Å²) in [6.07, 6.45) is 0.691. The summed E-state index contributed by atoms with van der Waals surface area (Å²) in [5, 5.41) is 3.52. The second kappa shape index (κ2) is 7.17. The van der Waals surface area contributed by atoms with E-state index in [2.05, 4.69) is 47.5 Å². The molecule has 2 aromatic heterocycles. The average Bonchev–Trinajstić information content (AvgIpc) is 2.86. The Hall–Kier alpha value is -2.25. The first-order valence-electron chi connectivity index (χ1n) is 9.09. The van der Waals surface area contributed by atoms with Crippen LogP contribution in [-0.2, 0) is 6.54 Å². The second-order valence-electron chi connectivity index (χ2n) is 7.53. The monoisotopic (exact) mass is 357 g/mol. The summed E-state index contributed by atoms with van der Waals surface area (Å²) in [6.45, 7) is 10.9. The van der Waals surface area contributed by atoms with Crippen molar-refractivity contribution in [3.05, 3.63) is 29.1 Å². The van der Waals surface area contributed by atoms with Gasteiger partial charge in [0, 0.05) is 43.5 Å². The Labute approximate surface area is 153 Å². The lowest BCUT2D eigenvalue weighted by Crippen LogP contribution is -2.53. The third-order valence-electron chi connectivity index (χ3n) is 4.86. The quantitative estimate of drug-likeness (QED) is 0.795. The van der Waals surface area contributed by atoms with Gasteiger partial charge in [-0.15, -0.1) is 0 Å². The number of pyridine rings is 1. The number of carbonyl (C=O) groups is 2. The molecule has 3 N–H and O–H groups in total. The Morgan fingerprint density at radius 3 is 2.54 bits per heavy atom. The Morgan fingerprint density at radius 2 is 2.00 bits per heavy atom. The van der Waals surface area contributed by atoms with Gasteiger partial charge in [0.05, 0.1) is 11.1 Å². The van der Waals surface area contributed by atoms with Gasteiger partial charge in [-0.25, -0.2) is 4.98 Å². The molecule has 3 rings (SSSR count). The predicted octanol–water partition coefficient (Wildman–Crippen LogP) is 1.71. The van der Waals surface area contributed by atoms with Crippen molar-refractivity contribution in [3.8, 4) is 0 Å². The van der Waals surface area contributed by atoms with E-state index in [1.54, 1.807) is 6.07 Å². The number of nitrogens with one attached hydrogen (secondary N) is 1. The molecule has 0 radical (unpaired) electrons. The van der Waals surface area contributed by atoms with Crippen LogP contribution in [0.1, 0.15) is 60.3 Å². The van der Waals surface area contributed by atoms with Crippen LogP contribution in [0.15, 0.2) is 12.1 Å². The molecule has 26 heavy (non-hydrogen) atoms. The summed E-state index contributed by atoms with van der Waals surface area (Å²) in [6, 6.07) is 4.44. The van der Waals surface area contributed by atoms with Crippen molar-refractivity contribution < 1.29 is 9.59 Å². The SMILES string of the molecule is CC(C)n1c(CN2C[C@@H](C)N[C@@H](C)C2)c(C(N)=O)c2nc(C=O)ccc21. The highest BCUT2D eigenvalue weighted by atomic mass is 16.1. The number of rotatable bonds is 5. The van der Waals surface area contributed by atoms with E-state index < -0.39 is 5.91 Å². The Bertz CT molecular complexity index is 832. The molecule has 1 amide bonds. The smallest absolute Gasteiger partial charge is 0.252 e. The molecule has 0 aliphatic carbocycles. The van der Waals surface area contributed by atoms with Crippen LogP contribution in [0.5, 0.6) is 0 Å². The number of hydrogen-bond acceptors (Lipinski definition) is 5. The van der Waals surface area contributed by atoms with Crippen LogP contribution >= 0.6 is 0 Å². The van der Waals surface area contributed by atoms with Gasteiger partial charge < -0.3 is 15.6 Å². The summed E-state index contributed by atoms with van der Waals surface area (Å²) in [4.78, 5) is 30.2. The fourth-order valence-corrected chi connectivity index (χ4v) is 4.10. The molecule has 2 atom stereocenters. The first kappa shape index (κ1) is 18.5. The molecule has 7 heteroatoms. The topological polar surface area (TPSA) is 93.2 Å². The van der Waals surface area contributed by atoms with Gasteiger partial charge >= 0.3 is 0 Å². The van der Waals surface area contributed by atoms with Crippen LogP contribution in [0.25, 0.3) is 11.0 Å². The van der Waals surface area contributed by atoms with Gasteiger partial charge in [0.1, 0.15) is 11.2 Å². The van der Waals surface area contributed by atoms with Crippen molar-refractivity contribution in [1.82, 2.24) is 19.8 Å². The minimum absolute atomic E-state index is 0.141. The van der Waals surface area contributed by atoms with Crippen LogP contribution in [0.3, 0.4) is 0 Å². The number of piperazine rings is 1. The van der Waals surface area contributed by atoms with Gasteiger partial charge in [0.15, 0.2) is 6.29 Å². The van der Waals surface area contributed by atoms with E-state index in [-0.39, 0.29) is 6.04 Å². The number of aldehydes is 1. The van der Waals surface area contributed by atoms with Crippen LogP contribution in [0.2, 0.25) is 0 Å². The summed E-state index contributed by atoms with van der Waals surface area (Å²) >= 11 is 0. The van der Waals surface area contributed by atoms with E-state index in [0.29, 0.717) is 41.7 Å². The van der Waals surface area contributed by atoms with E-state index in [4.69, 9.17) is 5.73 Å². The minimum Gasteiger partial charge on any atom is -0.365 e. The molecule has 0 spiro atoms. The molecular weight excluding hydrogens is 330 g/mol. The Balaban J connectivity index is 2.15. The predicted molar refractivity (Wildman–Crippen MR) is 101 cm³/mol. The molecule has 1 aliphatic heterocycles. The van der Waals surface area contributed by atoms with E-state index >= 15 is 0 Å². The van der Waals surface area contributed by atoms with Gasteiger partial charge in [-0.1, -0.05) is 0 Å². The van der Waals surface area contributed by atoms with Gasteiger partial charge in [0.25, 0.3) is 5.91 Å². The minimum atomic E-state index is -0.504. The number of amides is 1. The molecule has 3 heterocycles. The third kappa shape index (κ3) is 3.37. The molecule has 1 fully saturated rings. The van der Waals surface area contributed by atoms with Crippen molar-refractivity contribution in [2.24, 2.45) is 5.73 Å². The Morgan fingerprint density at radius 1 is 1.35 bits per heavy atom. The van der Waals surface area contributed by atoms with Crippen molar-refractivity contribution in [2.75, 3.05) is 13.1 Å². The molecule has 0 unspecified atom stereocenters. The standard InChI is InChI=1S/C19H27N5O2/c1-11(2)24-15-6-5-14(10-25)22-18(15)17(19(20)26)16(24)9-23-7-12(3)21-13(4)8-23/h5-6,10-13,21H,7-9H2,1-4H3,(H2,20,26)/t12-,13+. The Kier molecular flexibility index (Phi) is 5.11. The number of nitrogens with two attached hydrogens (primary N) is 1. The highest BCUT2D eigenvalue weighted by molar-refractivity contribution is 6.06. The van der Waals surface area contributed by atoms with Crippen LogP contribution in [0.4, 0.5) is 0 Å². The number of primary amides is 1. The van der Waals surface area contributed by atoms with Crippen LogP contribution in [-0.4, -0.2) is 51.8 Å². The van der Waals surface area contributed by atoms with Crippen LogP contribution < -0.4 is 11.1 Å². The lowest BCUT2D eigenvalue weighted by molar-refractivity contribution is 0.0997. The third-order valence-corrected chi connectivity index (χ3v) is 4.86. The molecular formula is C19H27N5O2.